The molecule has 0 amide bonds. The number of hydrogen-bond donors (Lipinski definition) is 0. The van der Waals surface area contributed by atoms with Crippen LogP contribution >= 0.6 is 0 Å². The molecule has 3 aromatic rings. The van der Waals surface area contributed by atoms with E-state index in [0.717, 1.165) is 16.9 Å². The van der Waals surface area contributed by atoms with Gasteiger partial charge in [-0.05, 0) is 54.3 Å². The molecule has 0 saturated carbocycles. The van der Waals surface area contributed by atoms with Crippen LogP contribution in [0.1, 0.15) is 25.0 Å². The molecule has 0 N–H and O–H groups in total. The van der Waals surface area contributed by atoms with Crippen LogP contribution in [0, 0.1) is 0 Å². The molecule has 32 heavy (non-hydrogen) atoms. The van der Waals surface area contributed by atoms with Gasteiger partial charge in [-0.25, -0.2) is 4.79 Å². The standard InChI is InChI=1S/C28H30O4/c1-3-30-27(28(29)31-4-2)21-23-14-18-26(19-15-23)32-20-8-9-22-12-16-25(17-13-22)24-10-6-5-7-11-24/h5-19,27H,3-4,20-21H2,1-2H3/t27-/m1/s1. The average Bonchev–Trinajstić information content (AvgIpc) is 2.83. The minimum Gasteiger partial charge on any atom is -0.490 e. The first-order valence-corrected chi connectivity index (χ1v) is 11.0. The summed E-state index contributed by atoms with van der Waals surface area (Å²) in [6.45, 7) is 4.95. The van der Waals surface area contributed by atoms with Gasteiger partial charge in [0.2, 0.25) is 0 Å². The molecular weight excluding hydrogens is 400 g/mol. The molecule has 0 heterocycles. The summed E-state index contributed by atoms with van der Waals surface area (Å²) in [6.07, 6.45) is 3.95. The van der Waals surface area contributed by atoms with Crippen LogP contribution in [0.25, 0.3) is 17.2 Å². The molecule has 0 radical (unpaired) electrons. The van der Waals surface area contributed by atoms with Gasteiger partial charge in [0.15, 0.2) is 6.10 Å². The molecule has 0 aliphatic rings. The Balaban J connectivity index is 1.48. The fourth-order valence-electron chi connectivity index (χ4n) is 3.33. The lowest BCUT2D eigenvalue weighted by Gasteiger charge is -2.15. The number of hydrogen-bond acceptors (Lipinski definition) is 4. The van der Waals surface area contributed by atoms with Gasteiger partial charge in [0.25, 0.3) is 0 Å². The van der Waals surface area contributed by atoms with Gasteiger partial charge in [0, 0.05) is 13.0 Å². The Morgan fingerprint density at radius 2 is 1.53 bits per heavy atom. The lowest BCUT2D eigenvalue weighted by molar-refractivity contribution is -0.156. The Kier molecular flexibility index (Phi) is 9.08. The molecule has 0 aliphatic heterocycles. The third kappa shape index (κ3) is 7.10. The van der Waals surface area contributed by atoms with E-state index in [4.69, 9.17) is 14.2 Å². The van der Waals surface area contributed by atoms with Gasteiger partial charge in [-0.15, -0.1) is 0 Å². The normalized spacial score (nSPS) is 11.9. The molecule has 0 bridgehead atoms. The van der Waals surface area contributed by atoms with E-state index < -0.39 is 6.10 Å². The lowest BCUT2D eigenvalue weighted by Crippen LogP contribution is -2.28. The van der Waals surface area contributed by atoms with Crippen molar-refractivity contribution in [3.8, 4) is 16.9 Å². The first kappa shape index (κ1) is 23.3. The summed E-state index contributed by atoms with van der Waals surface area (Å²) in [5.74, 6) is 0.457. The monoisotopic (exact) mass is 430 g/mol. The maximum Gasteiger partial charge on any atom is 0.335 e. The Labute approximate surface area is 190 Å². The summed E-state index contributed by atoms with van der Waals surface area (Å²) in [7, 11) is 0. The van der Waals surface area contributed by atoms with E-state index in [1.165, 1.54) is 11.1 Å². The molecule has 166 valence electrons. The van der Waals surface area contributed by atoms with Crippen LogP contribution in [-0.4, -0.2) is 31.9 Å². The van der Waals surface area contributed by atoms with E-state index in [0.29, 0.717) is 26.2 Å². The van der Waals surface area contributed by atoms with Crippen molar-refractivity contribution in [1.82, 2.24) is 0 Å². The number of rotatable bonds is 11. The van der Waals surface area contributed by atoms with Crippen LogP contribution in [0.3, 0.4) is 0 Å². The zero-order chi connectivity index (χ0) is 22.6. The smallest absolute Gasteiger partial charge is 0.335 e. The van der Waals surface area contributed by atoms with Gasteiger partial charge in [-0.2, -0.15) is 0 Å². The van der Waals surface area contributed by atoms with Gasteiger partial charge in [-0.3, -0.25) is 0 Å². The largest absolute Gasteiger partial charge is 0.490 e. The summed E-state index contributed by atoms with van der Waals surface area (Å²) < 4.78 is 16.4. The summed E-state index contributed by atoms with van der Waals surface area (Å²) in [5.41, 5.74) is 4.54. The highest BCUT2D eigenvalue weighted by Gasteiger charge is 2.20. The SMILES string of the molecule is CCOC(=O)[C@@H](Cc1ccc(OCC=Cc2ccc(-c3ccccc3)cc2)cc1)OCC. The molecule has 1 atom stereocenters. The number of carbonyl (C=O) groups excluding carboxylic acids is 1. The lowest BCUT2D eigenvalue weighted by atomic mass is 10.0. The summed E-state index contributed by atoms with van der Waals surface area (Å²) in [4.78, 5) is 12.0. The second-order valence-electron chi connectivity index (χ2n) is 7.25. The fraction of sp³-hybridized carbons (Fsp3) is 0.250. The van der Waals surface area contributed by atoms with E-state index in [1.54, 1.807) is 6.92 Å². The van der Waals surface area contributed by atoms with Gasteiger partial charge < -0.3 is 14.2 Å². The third-order valence-corrected chi connectivity index (χ3v) is 4.94. The zero-order valence-electron chi connectivity index (χ0n) is 18.7. The van der Waals surface area contributed by atoms with Crippen molar-refractivity contribution in [3.05, 3.63) is 96.1 Å². The Hall–Kier alpha value is -3.37. The Bertz CT molecular complexity index is 976. The van der Waals surface area contributed by atoms with E-state index in [2.05, 4.69) is 42.5 Å². The van der Waals surface area contributed by atoms with E-state index in [9.17, 15) is 4.79 Å². The molecule has 0 fully saturated rings. The van der Waals surface area contributed by atoms with E-state index >= 15 is 0 Å². The molecule has 3 rings (SSSR count). The van der Waals surface area contributed by atoms with E-state index in [1.807, 2.05) is 55.5 Å². The third-order valence-electron chi connectivity index (χ3n) is 4.94. The maximum atomic E-state index is 12.0. The van der Waals surface area contributed by atoms with Crippen molar-refractivity contribution in [1.29, 1.82) is 0 Å². The second kappa shape index (κ2) is 12.5. The summed E-state index contributed by atoms with van der Waals surface area (Å²) in [6, 6.07) is 26.5. The maximum absolute atomic E-state index is 12.0. The predicted octanol–water partition coefficient (Wildman–Crippen LogP) is 5.96. The first-order valence-electron chi connectivity index (χ1n) is 11.0. The van der Waals surface area contributed by atoms with Crippen molar-refractivity contribution in [2.24, 2.45) is 0 Å². The summed E-state index contributed by atoms with van der Waals surface area (Å²) in [5, 5.41) is 0. The quantitative estimate of drug-likeness (QED) is 0.352. The van der Waals surface area contributed by atoms with E-state index in [-0.39, 0.29) is 5.97 Å². The second-order valence-corrected chi connectivity index (χ2v) is 7.25. The van der Waals surface area contributed by atoms with Gasteiger partial charge in [-0.1, -0.05) is 72.8 Å². The molecule has 0 aromatic heterocycles. The van der Waals surface area contributed by atoms with Crippen molar-refractivity contribution >= 4 is 12.0 Å². The molecule has 0 aliphatic carbocycles. The Morgan fingerprint density at radius 1 is 0.844 bits per heavy atom. The minimum atomic E-state index is -0.581. The molecule has 4 nitrogen and oxygen atoms in total. The van der Waals surface area contributed by atoms with Crippen LogP contribution in [0.4, 0.5) is 0 Å². The molecule has 3 aromatic carbocycles. The topological polar surface area (TPSA) is 44.8 Å². The number of esters is 1. The van der Waals surface area contributed by atoms with Crippen LogP contribution < -0.4 is 4.74 Å². The minimum absolute atomic E-state index is 0.323. The molecule has 0 saturated heterocycles. The fourth-order valence-corrected chi connectivity index (χ4v) is 3.33. The highest BCUT2D eigenvalue weighted by molar-refractivity contribution is 5.75. The molecule has 0 spiro atoms. The number of ether oxygens (including phenoxy) is 3. The van der Waals surface area contributed by atoms with Crippen LogP contribution in [0.15, 0.2) is 84.9 Å². The van der Waals surface area contributed by atoms with Crippen molar-refractivity contribution in [3.63, 3.8) is 0 Å². The van der Waals surface area contributed by atoms with Crippen molar-refractivity contribution < 1.29 is 19.0 Å². The summed E-state index contributed by atoms with van der Waals surface area (Å²) >= 11 is 0. The van der Waals surface area contributed by atoms with Gasteiger partial charge >= 0.3 is 5.97 Å². The molecular formula is C28H30O4. The highest BCUT2D eigenvalue weighted by atomic mass is 16.6. The molecule has 0 unspecified atom stereocenters. The van der Waals surface area contributed by atoms with Crippen molar-refractivity contribution in [2.45, 2.75) is 26.4 Å². The molecule has 4 heteroatoms. The average molecular weight is 431 g/mol. The van der Waals surface area contributed by atoms with Crippen LogP contribution in [0.2, 0.25) is 0 Å². The van der Waals surface area contributed by atoms with Crippen LogP contribution in [-0.2, 0) is 20.7 Å². The first-order chi connectivity index (χ1) is 15.7. The van der Waals surface area contributed by atoms with Crippen molar-refractivity contribution in [2.75, 3.05) is 19.8 Å². The van der Waals surface area contributed by atoms with Gasteiger partial charge in [0.05, 0.1) is 6.61 Å². The zero-order valence-corrected chi connectivity index (χ0v) is 18.7. The highest BCUT2D eigenvalue weighted by Crippen LogP contribution is 2.20. The number of carbonyl (C=O) groups is 1. The predicted molar refractivity (Wildman–Crippen MR) is 129 cm³/mol. The van der Waals surface area contributed by atoms with Gasteiger partial charge in [0.1, 0.15) is 12.4 Å². The number of benzene rings is 3. The Morgan fingerprint density at radius 3 is 2.19 bits per heavy atom. The van der Waals surface area contributed by atoms with Crippen LogP contribution in [0.5, 0.6) is 5.75 Å².